The van der Waals surface area contributed by atoms with Crippen molar-refractivity contribution in [2.24, 2.45) is 5.14 Å². The summed E-state index contributed by atoms with van der Waals surface area (Å²) in [7, 11) is -7.23. The summed E-state index contributed by atoms with van der Waals surface area (Å²) >= 11 is 0. The number of nitrogens with two attached hydrogens (primary N) is 1. The fourth-order valence-corrected chi connectivity index (χ4v) is 4.29. The van der Waals surface area contributed by atoms with Gasteiger partial charge in [0.2, 0.25) is 10.0 Å². The van der Waals surface area contributed by atoms with Crippen molar-refractivity contribution in [1.82, 2.24) is 5.16 Å². The Morgan fingerprint density at radius 2 is 1.61 bits per heavy atom. The van der Waals surface area contributed by atoms with Gasteiger partial charge >= 0.3 is 0 Å². The van der Waals surface area contributed by atoms with Gasteiger partial charge in [-0.2, -0.15) is 0 Å². The fourth-order valence-electron chi connectivity index (χ4n) is 2.92. The van der Waals surface area contributed by atoms with Gasteiger partial charge in [-0.05, 0) is 17.7 Å². The maximum absolute atomic E-state index is 11.7. The van der Waals surface area contributed by atoms with Gasteiger partial charge in [0.1, 0.15) is 12.3 Å². The summed E-state index contributed by atoms with van der Waals surface area (Å²) < 4.78 is 57.5. The highest BCUT2D eigenvalue weighted by Gasteiger charge is 2.20. The van der Waals surface area contributed by atoms with Crippen LogP contribution in [0.25, 0.3) is 22.4 Å². The van der Waals surface area contributed by atoms with Gasteiger partial charge in [0, 0.05) is 5.56 Å². The number of sulfonamides is 1. The number of hydrogen-bond acceptors (Lipinski definition) is 8. The molecule has 11 heteroatoms. The number of hydrogen-bond donors (Lipinski definition) is 2. The van der Waals surface area contributed by atoms with E-state index in [1.165, 1.54) is 12.1 Å². The molecule has 0 spiro atoms. The van der Waals surface area contributed by atoms with Gasteiger partial charge in [0.15, 0.2) is 15.6 Å². The lowest BCUT2D eigenvalue weighted by Gasteiger charge is -2.07. The van der Waals surface area contributed by atoms with Crippen LogP contribution in [0, 0.1) is 0 Å². The molecule has 0 radical (unpaired) electrons. The average molecular weight is 467 g/mol. The second kappa shape index (κ2) is 9.71. The second-order valence-corrected chi connectivity index (χ2v) is 10.6. The van der Waals surface area contributed by atoms with Crippen LogP contribution < -0.4 is 5.14 Å². The normalized spacial score (nSPS) is 12.2. The lowest BCUT2D eigenvalue weighted by Crippen LogP contribution is -2.17. The second-order valence-electron chi connectivity index (χ2n) is 6.69. The van der Waals surface area contributed by atoms with E-state index in [9.17, 15) is 16.8 Å². The topological polar surface area (TPSA) is 150 Å². The van der Waals surface area contributed by atoms with Crippen LogP contribution in [0.4, 0.5) is 0 Å². The number of aliphatic hydroxyl groups is 1. The Morgan fingerprint density at radius 1 is 0.935 bits per heavy atom. The van der Waals surface area contributed by atoms with Crippen molar-refractivity contribution < 1.29 is 31.2 Å². The summed E-state index contributed by atoms with van der Waals surface area (Å²) in [4.78, 5) is -0.0270. The minimum absolute atomic E-state index is 0.0270. The minimum Gasteiger partial charge on any atom is -0.395 e. The molecule has 0 aliphatic heterocycles. The molecule has 3 aromatic rings. The molecule has 3 rings (SSSR count). The fraction of sp³-hybridized carbons (Fsp3) is 0.250. The Kier molecular flexibility index (Phi) is 7.23. The van der Waals surface area contributed by atoms with E-state index in [-0.39, 0.29) is 29.6 Å². The quantitative estimate of drug-likeness (QED) is 0.428. The van der Waals surface area contributed by atoms with Gasteiger partial charge in [-0.3, -0.25) is 0 Å². The lowest BCUT2D eigenvalue weighted by atomic mass is 9.99. The molecule has 0 atom stereocenters. The SMILES string of the molecule is NS(=O)(=O)c1ccc(-c2c(-c3ccccc3)noc2COCCS(=O)(=O)CCO)cc1. The van der Waals surface area contributed by atoms with Crippen LogP contribution >= 0.6 is 0 Å². The van der Waals surface area contributed by atoms with E-state index in [1.807, 2.05) is 30.3 Å². The van der Waals surface area contributed by atoms with Gasteiger partial charge in [-0.15, -0.1) is 0 Å². The minimum atomic E-state index is -3.84. The van der Waals surface area contributed by atoms with Gasteiger partial charge < -0.3 is 14.4 Å². The van der Waals surface area contributed by atoms with Crippen LogP contribution in [0.1, 0.15) is 5.76 Å². The number of sulfone groups is 1. The monoisotopic (exact) mass is 466 g/mol. The summed E-state index contributed by atoms with van der Waals surface area (Å²) in [6.07, 6.45) is 0. The average Bonchev–Trinajstić information content (AvgIpc) is 3.15. The standard InChI is InChI=1S/C20H22N2O7S2/c21-31(26,27)17-8-6-15(7-9-17)19-18(14-28-11-13-30(24,25)12-10-23)29-22-20(19)16-4-2-1-3-5-16/h1-9,23H,10-14H2,(H2,21,26,27). The third-order valence-electron chi connectivity index (χ3n) is 4.46. The van der Waals surface area contributed by atoms with Crippen molar-refractivity contribution in [3.05, 3.63) is 60.4 Å². The van der Waals surface area contributed by atoms with Crippen molar-refractivity contribution in [3.63, 3.8) is 0 Å². The molecular weight excluding hydrogens is 444 g/mol. The highest BCUT2D eigenvalue weighted by Crippen LogP contribution is 2.35. The Labute approximate surface area is 180 Å². The summed E-state index contributed by atoms with van der Waals surface area (Å²) in [5, 5.41) is 18.1. The number of rotatable bonds is 10. The van der Waals surface area contributed by atoms with Crippen LogP contribution in [0.15, 0.2) is 64.0 Å². The molecule has 3 N–H and O–H groups in total. The molecule has 9 nitrogen and oxygen atoms in total. The largest absolute Gasteiger partial charge is 0.395 e. The van der Waals surface area contributed by atoms with Crippen LogP contribution in [-0.2, 0) is 31.2 Å². The Bertz CT molecular complexity index is 1220. The highest BCUT2D eigenvalue weighted by atomic mass is 32.2. The third kappa shape index (κ3) is 5.99. The summed E-state index contributed by atoms with van der Waals surface area (Å²) in [6.45, 7) is -0.558. The Hall–Kier alpha value is -2.57. The molecule has 0 aliphatic carbocycles. The Balaban J connectivity index is 1.89. The first-order chi connectivity index (χ1) is 14.7. The van der Waals surface area contributed by atoms with E-state index in [4.69, 9.17) is 19.5 Å². The van der Waals surface area contributed by atoms with Crippen molar-refractivity contribution in [1.29, 1.82) is 0 Å². The van der Waals surface area contributed by atoms with Crippen LogP contribution in [0.3, 0.4) is 0 Å². The number of benzene rings is 2. The van der Waals surface area contributed by atoms with Crippen LogP contribution in [-0.4, -0.2) is 51.8 Å². The van der Waals surface area contributed by atoms with E-state index in [0.29, 0.717) is 22.6 Å². The van der Waals surface area contributed by atoms with Gasteiger partial charge in [0.05, 0.1) is 35.2 Å². The molecule has 0 saturated carbocycles. The number of aromatic nitrogens is 1. The molecule has 0 unspecified atom stereocenters. The Morgan fingerprint density at radius 3 is 2.23 bits per heavy atom. The number of ether oxygens (including phenoxy) is 1. The van der Waals surface area contributed by atoms with Gasteiger partial charge in [0.25, 0.3) is 0 Å². The predicted octanol–water partition coefficient (Wildman–Crippen LogP) is 1.58. The molecule has 1 aromatic heterocycles. The van der Waals surface area contributed by atoms with E-state index < -0.39 is 26.5 Å². The molecule has 0 fully saturated rings. The third-order valence-corrected chi connectivity index (χ3v) is 6.98. The molecular formula is C20H22N2O7S2. The highest BCUT2D eigenvalue weighted by molar-refractivity contribution is 7.91. The van der Waals surface area contributed by atoms with Crippen molar-refractivity contribution in [2.45, 2.75) is 11.5 Å². The predicted molar refractivity (Wildman–Crippen MR) is 114 cm³/mol. The molecule has 1 heterocycles. The number of aliphatic hydroxyl groups excluding tert-OH is 1. The van der Waals surface area contributed by atoms with Crippen LogP contribution in [0.2, 0.25) is 0 Å². The summed E-state index contributed by atoms with van der Waals surface area (Å²) in [5.41, 5.74) is 2.56. The smallest absolute Gasteiger partial charge is 0.238 e. The molecule has 0 aliphatic rings. The maximum Gasteiger partial charge on any atom is 0.238 e. The van der Waals surface area contributed by atoms with Gasteiger partial charge in [-0.1, -0.05) is 47.6 Å². The molecule has 166 valence electrons. The van der Waals surface area contributed by atoms with Gasteiger partial charge in [-0.25, -0.2) is 22.0 Å². The maximum atomic E-state index is 11.7. The zero-order valence-corrected chi connectivity index (χ0v) is 18.1. The van der Waals surface area contributed by atoms with E-state index >= 15 is 0 Å². The molecule has 0 amide bonds. The zero-order chi connectivity index (χ0) is 22.5. The molecule has 0 bridgehead atoms. The first-order valence-corrected chi connectivity index (χ1v) is 12.6. The molecule has 31 heavy (non-hydrogen) atoms. The number of nitrogens with zero attached hydrogens (tertiary/aromatic N) is 1. The summed E-state index contributed by atoms with van der Waals surface area (Å²) in [5.74, 6) is -0.189. The van der Waals surface area contributed by atoms with Crippen LogP contribution in [0.5, 0.6) is 0 Å². The number of primary sulfonamides is 1. The zero-order valence-electron chi connectivity index (χ0n) is 16.5. The van der Waals surface area contributed by atoms with E-state index in [2.05, 4.69) is 5.16 Å². The lowest BCUT2D eigenvalue weighted by molar-refractivity contribution is 0.114. The van der Waals surface area contributed by atoms with E-state index in [0.717, 1.165) is 5.56 Å². The first kappa shape index (κ1) is 23.1. The first-order valence-electron chi connectivity index (χ1n) is 9.27. The van der Waals surface area contributed by atoms with Crippen molar-refractivity contribution in [3.8, 4) is 22.4 Å². The molecule has 0 saturated heterocycles. The molecule has 2 aromatic carbocycles. The van der Waals surface area contributed by atoms with Crippen molar-refractivity contribution >= 4 is 19.9 Å². The summed E-state index contributed by atoms with van der Waals surface area (Å²) in [6, 6.07) is 15.2. The van der Waals surface area contributed by atoms with E-state index in [1.54, 1.807) is 12.1 Å². The van der Waals surface area contributed by atoms with Crippen molar-refractivity contribution in [2.75, 3.05) is 24.7 Å².